The summed E-state index contributed by atoms with van der Waals surface area (Å²) in [5.41, 5.74) is 5.24. The molecule has 47 heavy (non-hydrogen) atoms. The molecule has 1 amide bonds. The standard InChI is InChI=1S/C42H36N2O3/c1-30-42(2,3)37(43-44(30)40(45)39(33-23-13-6-14-24-33)34-25-15-7-16-26-34)29-36(47-41(46)35-27-17-8-18-28-35)38(31-19-9-4-10-20-31)32-21-11-5-12-22-32/h4-28,39H,1,29H2,2-3H3. The molecule has 5 heteroatoms. The fourth-order valence-corrected chi connectivity index (χ4v) is 5.84. The smallest absolute Gasteiger partial charge is 0.343 e. The monoisotopic (exact) mass is 616 g/mol. The molecule has 0 fully saturated rings. The van der Waals surface area contributed by atoms with Crippen molar-refractivity contribution in [3.8, 4) is 0 Å². The van der Waals surface area contributed by atoms with Gasteiger partial charge in [0, 0.05) is 23.1 Å². The third kappa shape index (κ3) is 6.61. The molecule has 0 atom stereocenters. The van der Waals surface area contributed by atoms with Gasteiger partial charge in [0.25, 0.3) is 5.91 Å². The summed E-state index contributed by atoms with van der Waals surface area (Å²) in [5.74, 6) is -0.814. The van der Waals surface area contributed by atoms with Crippen LogP contribution < -0.4 is 0 Å². The molecule has 232 valence electrons. The minimum Gasteiger partial charge on any atom is -0.426 e. The summed E-state index contributed by atoms with van der Waals surface area (Å²) in [5, 5.41) is 6.40. The first-order valence-corrected chi connectivity index (χ1v) is 15.7. The van der Waals surface area contributed by atoms with Gasteiger partial charge in [0.05, 0.1) is 17.2 Å². The summed E-state index contributed by atoms with van der Waals surface area (Å²) in [6, 6.07) is 48.1. The lowest BCUT2D eigenvalue weighted by Crippen LogP contribution is -2.32. The Morgan fingerprint density at radius 2 is 1.06 bits per heavy atom. The molecule has 1 aliphatic heterocycles. The van der Waals surface area contributed by atoms with Gasteiger partial charge in [-0.2, -0.15) is 5.10 Å². The topological polar surface area (TPSA) is 59.0 Å². The van der Waals surface area contributed by atoms with Crippen molar-refractivity contribution in [2.24, 2.45) is 10.5 Å². The SMILES string of the molecule is C=C1N(C(=O)C(c2ccccc2)c2ccccc2)N=C(CC(OC(=O)c2ccccc2)=C(c2ccccc2)c2ccccc2)C1(C)C. The van der Waals surface area contributed by atoms with E-state index in [0.717, 1.165) is 27.8 Å². The van der Waals surface area contributed by atoms with Crippen LogP contribution >= 0.6 is 0 Å². The maximum Gasteiger partial charge on any atom is 0.343 e. The first kappa shape index (κ1) is 31.2. The predicted molar refractivity (Wildman–Crippen MR) is 187 cm³/mol. The van der Waals surface area contributed by atoms with Crippen LogP contribution in [0.4, 0.5) is 0 Å². The van der Waals surface area contributed by atoms with Crippen molar-refractivity contribution in [3.05, 3.63) is 198 Å². The summed E-state index contributed by atoms with van der Waals surface area (Å²) < 4.78 is 6.31. The van der Waals surface area contributed by atoms with Gasteiger partial charge in [-0.15, -0.1) is 0 Å². The molecule has 1 aliphatic rings. The predicted octanol–water partition coefficient (Wildman–Crippen LogP) is 9.26. The van der Waals surface area contributed by atoms with Crippen molar-refractivity contribution in [1.82, 2.24) is 5.01 Å². The second-order valence-corrected chi connectivity index (χ2v) is 12.0. The van der Waals surface area contributed by atoms with Crippen molar-refractivity contribution in [1.29, 1.82) is 0 Å². The molecule has 5 aromatic carbocycles. The van der Waals surface area contributed by atoms with Crippen molar-refractivity contribution in [2.45, 2.75) is 26.2 Å². The second-order valence-electron chi connectivity index (χ2n) is 12.0. The lowest BCUT2D eigenvalue weighted by molar-refractivity contribution is -0.130. The average Bonchev–Trinajstić information content (AvgIpc) is 3.34. The van der Waals surface area contributed by atoms with Gasteiger partial charge in [0.2, 0.25) is 0 Å². The van der Waals surface area contributed by atoms with Gasteiger partial charge in [-0.25, -0.2) is 9.80 Å². The summed E-state index contributed by atoms with van der Waals surface area (Å²) >= 11 is 0. The van der Waals surface area contributed by atoms with Gasteiger partial charge >= 0.3 is 5.97 Å². The number of amides is 1. The third-order valence-electron chi connectivity index (χ3n) is 8.60. The van der Waals surface area contributed by atoms with E-state index in [1.54, 1.807) is 12.1 Å². The van der Waals surface area contributed by atoms with Crippen LogP contribution in [-0.4, -0.2) is 22.6 Å². The Kier molecular flexibility index (Phi) is 9.07. The fraction of sp³-hybridized carbons (Fsp3) is 0.119. The highest BCUT2D eigenvalue weighted by Gasteiger charge is 2.43. The fourth-order valence-electron chi connectivity index (χ4n) is 5.84. The van der Waals surface area contributed by atoms with E-state index in [-0.39, 0.29) is 12.3 Å². The van der Waals surface area contributed by atoms with Crippen LogP contribution in [0.5, 0.6) is 0 Å². The number of hydrazone groups is 1. The van der Waals surface area contributed by atoms with Crippen molar-refractivity contribution in [2.75, 3.05) is 0 Å². The Hall–Kier alpha value is -5.81. The van der Waals surface area contributed by atoms with Gasteiger partial charge < -0.3 is 4.74 Å². The molecule has 0 unspecified atom stereocenters. The number of hydrogen-bond donors (Lipinski definition) is 0. The average molecular weight is 617 g/mol. The molecule has 0 radical (unpaired) electrons. The Labute approximate surface area is 276 Å². The number of benzene rings is 5. The van der Waals surface area contributed by atoms with E-state index in [1.165, 1.54) is 5.01 Å². The lowest BCUT2D eigenvalue weighted by Gasteiger charge is -2.27. The van der Waals surface area contributed by atoms with E-state index < -0.39 is 17.3 Å². The van der Waals surface area contributed by atoms with Crippen LogP contribution in [-0.2, 0) is 9.53 Å². The number of allylic oxidation sites excluding steroid dienone is 2. The number of nitrogens with zero attached hydrogens (tertiary/aromatic N) is 2. The largest absolute Gasteiger partial charge is 0.426 e. The molecule has 5 aromatic rings. The first-order chi connectivity index (χ1) is 22.8. The number of carbonyl (C=O) groups excluding carboxylic acids is 2. The van der Waals surface area contributed by atoms with Crippen LogP contribution in [0, 0.1) is 5.41 Å². The maximum absolute atomic E-state index is 14.5. The quantitative estimate of drug-likeness (QED) is 0.123. The molecule has 0 N–H and O–H groups in total. The molecule has 0 bridgehead atoms. The Morgan fingerprint density at radius 3 is 1.51 bits per heavy atom. The number of rotatable bonds is 9. The molecule has 0 spiro atoms. The molecule has 6 rings (SSSR count). The van der Waals surface area contributed by atoms with Crippen LogP contribution in [0.1, 0.15) is 58.8 Å². The molecular weight excluding hydrogens is 580 g/mol. The summed E-state index contributed by atoms with van der Waals surface area (Å²) in [7, 11) is 0. The van der Waals surface area contributed by atoms with Gasteiger partial charge in [-0.05, 0) is 48.2 Å². The highest BCUT2D eigenvalue weighted by atomic mass is 16.5. The summed E-state index contributed by atoms with van der Waals surface area (Å²) in [4.78, 5) is 28.1. The van der Waals surface area contributed by atoms with E-state index in [1.807, 2.05) is 153 Å². The molecule has 0 saturated heterocycles. The van der Waals surface area contributed by atoms with E-state index >= 15 is 0 Å². The highest BCUT2D eigenvalue weighted by molar-refractivity contribution is 6.02. The number of hydrogen-bond acceptors (Lipinski definition) is 4. The summed E-state index contributed by atoms with van der Waals surface area (Å²) in [6.07, 6.45) is 0.175. The second kappa shape index (κ2) is 13.7. The molecule has 1 heterocycles. The van der Waals surface area contributed by atoms with Crippen LogP contribution in [0.25, 0.3) is 5.57 Å². The van der Waals surface area contributed by atoms with Crippen molar-refractivity contribution < 1.29 is 14.3 Å². The zero-order valence-corrected chi connectivity index (χ0v) is 26.5. The van der Waals surface area contributed by atoms with E-state index in [0.29, 0.717) is 22.7 Å². The highest BCUT2D eigenvalue weighted by Crippen LogP contribution is 2.42. The zero-order chi connectivity index (χ0) is 32.8. The molecular formula is C42H36N2O3. The van der Waals surface area contributed by atoms with Gasteiger partial charge in [-0.1, -0.05) is 146 Å². The molecule has 0 aliphatic carbocycles. The summed E-state index contributed by atoms with van der Waals surface area (Å²) in [6.45, 7) is 8.38. The van der Waals surface area contributed by atoms with Crippen LogP contribution in [0.15, 0.2) is 175 Å². The third-order valence-corrected chi connectivity index (χ3v) is 8.60. The number of carbonyl (C=O) groups is 2. The van der Waals surface area contributed by atoms with Gasteiger partial charge in [0.15, 0.2) is 0 Å². The van der Waals surface area contributed by atoms with Crippen molar-refractivity contribution >= 4 is 23.2 Å². The minimum atomic E-state index is -0.712. The van der Waals surface area contributed by atoms with E-state index in [2.05, 4.69) is 6.58 Å². The molecule has 0 aromatic heterocycles. The van der Waals surface area contributed by atoms with Crippen molar-refractivity contribution in [3.63, 3.8) is 0 Å². The van der Waals surface area contributed by atoms with E-state index in [9.17, 15) is 9.59 Å². The van der Waals surface area contributed by atoms with Gasteiger partial charge in [-0.3, -0.25) is 4.79 Å². The van der Waals surface area contributed by atoms with Crippen LogP contribution in [0.3, 0.4) is 0 Å². The number of esters is 1. The first-order valence-electron chi connectivity index (χ1n) is 15.7. The Bertz CT molecular complexity index is 1850. The molecule has 0 saturated carbocycles. The Balaban J connectivity index is 1.46. The zero-order valence-electron chi connectivity index (χ0n) is 26.5. The van der Waals surface area contributed by atoms with Crippen LogP contribution in [0.2, 0.25) is 0 Å². The Morgan fingerprint density at radius 1 is 0.660 bits per heavy atom. The van der Waals surface area contributed by atoms with E-state index in [4.69, 9.17) is 9.84 Å². The normalized spacial score (nSPS) is 13.6. The molecule has 5 nitrogen and oxygen atoms in total. The maximum atomic E-state index is 14.5. The van der Waals surface area contributed by atoms with Gasteiger partial charge in [0.1, 0.15) is 5.76 Å². The lowest BCUT2D eigenvalue weighted by atomic mass is 9.82. The minimum absolute atomic E-state index is 0.175. The number of ether oxygens (including phenoxy) is 1.